The van der Waals surface area contributed by atoms with Gasteiger partial charge in [0.1, 0.15) is 19.8 Å². The molecule has 0 saturated heterocycles. The molecule has 0 aromatic heterocycles. The summed E-state index contributed by atoms with van der Waals surface area (Å²) in [6.07, 6.45) is 1.03. The highest BCUT2D eigenvalue weighted by Crippen LogP contribution is 2.45. The van der Waals surface area contributed by atoms with Crippen LogP contribution in [0.15, 0.2) is 47.4 Å². The molecule has 7 nitrogen and oxygen atoms in total. The lowest BCUT2D eigenvalue weighted by Crippen LogP contribution is -2.52. The van der Waals surface area contributed by atoms with Crippen LogP contribution in [0.2, 0.25) is 0 Å². The number of benzene rings is 2. The Bertz CT molecular complexity index is 985. The van der Waals surface area contributed by atoms with Crippen LogP contribution in [0.4, 0.5) is 0 Å². The van der Waals surface area contributed by atoms with Crippen molar-refractivity contribution >= 4 is 10.0 Å². The van der Waals surface area contributed by atoms with Crippen LogP contribution in [0, 0.1) is 0 Å². The summed E-state index contributed by atoms with van der Waals surface area (Å²) < 4.78 is 51.5. The van der Waals surface area contributed by atoms with Crippen LogP contribution in [0.5, 0.6) is 23.0 Å². The molecular weight excluding hydrogens is 370 g/mol. The van der Waals surface area contributed by atoms with Gasteiger partial charge in [-0.15, -0.1) is 0 Å². The zero-order valence-corrected chi connectivity index (χ0v) is 15.3. The van der Waals surface area contributed by atoms with Crippen LogP contribution >= 0.6 is 0 Å². The van der Waals surface area contributed by atoms with E-state index in [9.17, 15) is 8.42 Å². The van der Waals surface area contributed by atoms with Gasteiger partial charge in [0.05, 0.1) is 10.4 Å². The molecule has 0 radical (unpaired) electrons. The van der Waals surface area contributed by atoms with E-state index in [1.54, 1.807) is 6.07 Å². The lowest BCUT2D eigenvalue weighted by atomic mass is 10.1. The Morgan fingerprint density at radius 1 is 0.889 bits per heavy atom. The minimum absolute atomic E-state index is 0.148. The monoisotopic (exact) mass is 389 g/mol. The maximum absolute atomic E-state index is 13.0. The molecule has 3 aliphatic rings. The van der Waals surface area contributed by atoms with Crippen LogP contribution in [-0.2, 0) is 10.0 Å². The molecule has 0 amide bonds. The predicted molar refractivity (Wildman–Crippen MR) is 96.1 cm³/mol. The van der Waals surface area contributed by atoms with E-state index in [1.165, 1.54) is 12.1 Å². The summed E-state index contributed by atoms with van der Waals surface area (Å²) >= 11 is 0. The normalized spacial score (nSPS) is 22.1. The highest BCUT2D eigenvalue weighted by atomic mass is 32.2. The molecule has 1 fully saturated rings. The van der Waals surface area contributed by atoms with E-state index in [0.717, 1.165) is 0 Å². The smallest absolute Gasteiger partial charge is 0.241 e. The van der Waals surface area contributed by atoms with Crippen molar-refractivity contribution < 1.29 is 27.4 Å². The second-order valence-electron chi connectivity index (χ2n) is 6.93. The molecule has 2 aromatic carbocycles. The summed E-state index contributed by atoms with van der Waals surface area (Å²) in [6.45, 7) is 1.17. The standard InChI is InChI=1S/C19H19NO6S/c21-27(22,13-5-6-15-17(11-13)24-10-9-23-15)20-19(7-8-19)18-12-25-14-3-1-2-4-16(14)26-18/h1-6,11,18,20H,7-10,12H2/t18-/m1/s1. The topological polar surface area (TPSA) is 83.1 Å². The van der Waals surface area contributed by atoms with Crippen molar-refractivity contribution in [3.63, 3.8) is 0 Å². The van der Waals surface area contributed by atoms with Gasteiger partial charge in [-0.05, 0) is 37.1 Å². The van der Waals surface area contributed by atoms with E-state index in [4.69, 9.17) is 18.9 Å². The van der Waals surface area contributed by atoms with Gasteiger partial charge in [0.25, 0.3) is 0 Å². The molecule has 0 unspecified atom stereocenters. The number of hydrogen-bond acceptors (Lipinski definition) is 6. The molecule has 0 bridgehead atoms. The molecule has 0 spiro atoms. The fourth-order valence-corrected chi connectivity index (χ4v) is 4.93. The summed E-state index contributed by atoms with van der Waals surface area (Å²) in [5, 5.41) is 0. The minimum Gasteiger partial charge on any atom is -0.486 e. The van der Waals surface area contributed by atoms with Crippen molar-refractivity contribution in [2.24, 2.45) is 0 Å². The molecule has 1 aliphatic carbocycles. The third-order valence-corrected chi connectivity index (χ3v) is 6.62. The summed E-state index contributed by atoms with van der Waals surface area (Å²) in [6, 6.07) is 12.1. The summed E-state index contributed by atoms with van der Waals surface area (Å²) in [5.74, 6) is 2.32. The van der Waals surface area contributed by atoms with Gasteiger partial charge in [-0.2, -0.15) is 0 Å². The molecule has 2 aromatic rings. The Balaban J connectivity index is 1.38. The SMILES string of the molecule is O=S(=O)(NC1([C@H]2COc3ccccc3O2)CC1)c1ccc2c(c1)OCCO2. The molecule has 142 valence electrons. The molecule has 1 atom stereocenters. The largest absolute Gasteiger partial charge is 0.486 e. The zero-order chi connectivity index (χ0) is 18.5. The van der Waals surface area contributed by atoms with Crippen LogP contribution in [-0.4, -0.2) is 39.9 Å². The van der Waals surface area contributed by atoms with E-state index in [2.05, 4.69) is 4.72 Å². The third kappa shape index (κ3) is 2.98. The van der Waals surface area contributed by atoms with Crippen LogP contribution in [0.3, 0.4) is 0 Å². The van der Waals surface area contributed by atoms with Crippen LogP contribution < -0.4 is 23.7 Å². The van der Waals surface area contributed by atoms with E-state index in [1.807, 2.05) is 24.3 Å². The van der Waals surface area contributed by atoms with Gasteiger partial charge in [0.2, 0.25) is 10.0 Å². The molecule has 2 aliphatic heterocycles. The van der Waals surface area contributed by atoms with E-state index < -0.39 is 15.6 Å². The van der Waals surface area contributed by atoms with Gasteiger partial charge < -0.3 is 18.9 Å². The summed E-state index contributed by atoms with van der Waals surface area (Å²) in [5.41, 5.74) is -0.653. The first-order chi connectivity index (χ1) is 13.1. The quantitative estimate of drug-likeness (QED) is 0.862. The molecule has 1 saturated carbocycles. The Morgan fingerprint density at radius 3 is 2.37 bits per heavy atom. The van der Waals surface area contributed by atoms with E-state index in [-0.39, 0.29) is 11.0 Å². The Kier molecular flexibility index (Phi) is 3.73. The molecule has 2 heterocycles. The van der Waals surface area contributed by atoms with Gasteiger partial charge in [-0.25, -0.2) is 13.1 Å². The minimum atomic E-state index is -3.74. The molecule has 8 heteroatoms. The number of nitrogens with one attached hydrogen (secondary N) is 1. The summed E-state index contributed by atoms with van der Waals surface area (Å²) in [4.78, 5) is 0.148. The number of sulfonamides is 1. The van der Waals surface area contributed by atoms with Crippen molar-refractivity contribution in [3.8, 4) is 23.0 Å². The first-order valence-corrected chi connectivity index (χ1v) is 10.4. The fourth-order valence-electron chi connectivity index (χ4n) is 3.43. The second kappa shape index (κ2) is 6.03. The lowest BCUT2D eigenvalue weighted by molar-refractivity contribution is 0.0605. The van der Waals surface area contributed by atoms with Gasteiger partial charge in [-0.3, -0.25) is 0 Å². The number of hydrogen-bond donors (Lipinski definition) is 1. The number of para-hydroxylation sites is 2. The highest BCUT2D eigenvalue weighted by Gasteiger charge is 2.55. The van der Waals surface area contributed by atoms with Crippen molar-refractivity contribution in [2.75, 3.05) is 19.8 Å². The van der Waals surface area contributed by atoms with Crippen molar-refractivity contribution in [1.29, 1.82) is 0 Å². The van der Waals surface area contributed by atoms with Crippen molar-refractivity contribution in [2.45, 2.75) is 29.4 Å². The predicted octanol–water partition coefficient (Wildman–Crippen LogP) is 2.11. The number of ether oxygens (including phenoxy) is 4. The van der Waals surface area contributed by atoms with Crippen LogP contribution in [0.25, 0.3) is 0 Å². The van der Waals surface area contributed by atoms with Gasteiger partial charge in [-0.1, -0.05) is 12.1 Å². The Hall–Kier alpha value is -2.45. The van der Waals surface area contributed by atoms with E-state index in [0.29, 0.717) is 55.7 Å². The number of rotatable bonds is 4. The first-order valence-electron chi connectivity index (χ1n) is 8.88. The average Bonchev–Trinajstić information content (AvgIpc) is 3.47. The highest BCUT2D eigenvalue weighted by molar-refractivity contribution is 7.89. The van der Waals surface area contributed by atoms with Crippen LogP contribution in [0.1, 0.15) is 12.8 Å². The van der Waals surface area contributed by atoms with Gasteiger partial charge in [0.15, 0.2) is 29.1 Å². The fraction of sp³-hybridized carbons (Fsp3) is 0.368. The van der Waals surface area contributed by atoms with E-state index >= 15 is 0 Å². The lowest BCUT2D eigenvalue weighted by Gasteiger charge is -2.32. The van der Waals surface area contributed by atoms with Gasteiger partial charge in [0, 0.05) is 6.07 Å². The zero-order valence-electron chi connectivity index (χ0n) is 14.5. The third-order valence-electron chi connectivity index (χ3n) is 5.08. The Morgan fingerprint density at radius 2 is 1.59 bits per heavy atom. The molecule has 1 N–H and O–H groups in total. The first kappa shape index (κ1) is 16.7. The average molecular weight is 389 g/mol. The molecule has 5 rings (SSSR count). The Labute approximate surface area is 157 Å². The maximum atomic E-state index is 13.0. The van der Waals surface area contributed by atoms with Crippen molar-refractivity contribution in [3.05, 3.63) is 42.5 Å². The van der Waals surface area contributed by atoms with Crippen molar-refractivity contribution in [1.82, 2.24) is 4.72 Å². The second-order valence-corrected chi connectivity index (χ2v) is 8.61. The summed E-state index contributed by atoms with van der Waals surface area (Å²) in [7, 11) is -3.74. The number of fused-ring (bicyclic) bond motifs is 2. The molecular formula is C19H19NO6S. The maximum Gasteiger partial charge on any atom is 0.241 e. The van der Waals surface area contributed by atoms with Gasteiger partial charge >= 0.3 is 0 Å². The molecule has 27 heavy (non-hydrogen) atoms.